The summed E-state index contributed by atoms with van der Waals surface area (Å²) in [5.41, 5.74) is -0.542. The molecule has 0 aromatic heterocycles. The van der Waals surface area contributed by atoms with Crippen LogP contribution in [0.25, 0.3) is 21.5 Å². The fourth-order valence-corrected chi connectivity index (χ4v) is 5.59. The first-order valence-corrected chi connectivity index (χ1v) is 16.2. The number of methoxy groups -OCH3 is 2. The monoisotopic (exact) mass is 750 g/mol. The third-order valence-corrected chi connectivity index (χ3v) is 7.85. The van der Waals surface area contributed by atoms with Crippen molar-refractivity contribution in [2.45, 2.75) is 52.1 Å². The molecule has 0 heterocycles. The zero-order valence-electron chi connectivity index (χ0n) is 30.1. The third-order valence-electron chi connectivity index (χ3n) is 7.85. The van der Waals surface area contributed by atoms with Gasteiger partial charge in [0.25, 0.3) is 0 Å². The summed E-state index contributed by atoms with van der Waals surface area (Å²) in [6.45, 7) is 2.79. The van der Waals surface area contributed by atoms with Crippen molar-refractivity contribution in [1.82, 2.24) is 0 Å². The van der Waals surface area contributed by atoms with Crippen molar-refractivity contribution < 1.29 is 76.9 Å². The van der Waals surface area contributed by atoms with E-state index in [0.29, 0.717) is 33.0 Å². The van der Waals surface area contributed by atoms with Gasteiger partial charge in [0.05, 0.1) is 14.2 Å². The van der Waals surface area contributed by atoms with Crippen LogP contribution in [0.1, 0.15) is 48.4 Å². The number of fused-ring (bicyclic) bond motifs is 2. The summed E-state index contributed by atoms with van der Waals surface area (Å²) in [6.07, 6.45) is -6.76. The normalized spacial score (nSPS) is 13.1. The summed E-state index contributed by atoms with van der Waals surface area (Å²) in [6, 6.07) is 15.5. The molecule has 4 aromatic carbocycles. The highest BCUT2D eigenvalue weighted by molar-refractivity contribution is 5.99. The maximum absolute atomic E-state index is 12.5. The van der Waals surface area contributed by atoms with Crippen molar-refractivity contribution >= 4 is 57.4 Å². The Hall–Kier alpha value is -6.58. The van der Waals surface area contributed by atoms with Crippen LogP contribution >= 0.6 is 0 Å². The minimum atomic E-state index is -1.76. The van der Waals surface area contributed by atoms with Crippen LogP contribution < -0.4 is 18.9 Å². The molecule has 4 rings (SSSR count). The van der Waals surface area contributed by atoms with E-state index in [2.05, 4.69) is 0 Å². The summed E-state index contributed by atoms with van der Waals surface area (Å²) in [5, 5.41) is 22.2. The molecule has 4 atom stereocenters. The molecule has 0 radical (unpaired) electrons. The van der Waals surface area contributed by atoms with Gasteiger partial charge in [-0.2, -0.15) is 0 Å². The molecule has 4 aromatic rings. The molecular formula is C38H38O16. The van der Waals surface area contributed by atoms with E-state index in [1.165, 1.54) is 38.5 Å². The predicted octanol–water partition coefficient (Wildman–Crippen LogP) is 4.59. The molecule has 0 bridgehead atoms. The molecule has 0 amide bonds. The van der Waals surface area contributed by atoms with E-state index >= 15 is 0 Å². The number of esters is 4. The van der Waals surface area contributed by atoms with Crippen LogP contribution in [0.5, 0.6) is 23.0 Å². The number of hydrogen-bond acceptors (Lipinski definition) is 14. The Labute approximate surface area is 308 Å². The lowest BCUT2D eigenvalue weighted by Gasteiger charge is -2.35. The molecule has 16 nitrogen and oxygen atoms in total. The molecule has 16 heteroatoms. The summed E-state index contributed by atoms with van der Waals surface area (Å²) < 4.78 is 44.3. The van der Waals surface area contributed by atoms with E-state index in [-0.39, 0.29) is 22.6 Å². The zero-order valence-corrected chi connectivity index (χ0v) is 30.1. The lowest BCUT2D eigenvalue weighted by Crippen LogP contribution is -2.54. The number of carboxylic acid groups (broad SMARTS) is 2. The van der Waals surface area contributed by atoms with E-state index in [1.54, 1.807) is 36.4 Å². The average Bonchev–Trinajstić information content (AvgIpc) is 3.11. The number of hydrogen-bond donors (Lipinski definition) is 2. The topological polar surface area (TPSA) is 217 Å². The number of ether oxygens (including phenoxy) is 8. The summed E-state index contributed by atoms with van der Waals surface area (Å²) in [4.78, 5) is 74.4. The second-order valence-electron chi connectivity index (χ2n) is 11.8. The largest absolute Gasteiger partial charge is 0.497 e. The molecule has 0 unspecified atom stereocenters. The van der Waals surface area contributed by atoms with Crippen molar-refractivity contribution in [3.05, 3.63) is 71.8 Å². The lowest BCUT2D eigenvalue weighted by atomic mass is 10.0. The highest BCUT2D eigenvalue weighted by atomic mass is 16.6. The SMILES string of the molecule is COc1ccc2cc(OC[C@H](OC(C)=O)[C@@H](OC(C)=O)[C@@H](OC(C)=O)[C@@H](COc3cc4ccc(OC)cc4cc3C(=O)O)OC(C)=O)c(C(=O)O)cc2c1. The first kappa shape index (κ1) is 40.2. The maximum atomic E-state index is 12.5. The first-order chi connectivity index (χ1) is 25.6. The Balaban J connectivity index is 1.75. The third kappa shape index (κ3) is 10.3. The second-order valence-corrected chi connectivity index (χ2v) is 11.8. The number of rotatable bonds is 17. The first-order valence-electron chi connectivity index (χ1n) is 16.2. The number of benzene rings is 4. The number of aromatic carboxylic acids is 2. The van der Waals surface area contributed by atoms with E-state index in [1.807, 2.05) is 0 Å². The van der Waals surface area contributed by atoms with Gasteiger partial charge in [0.1, 0.15) is 47.3 Å². The highest BCUT2D eigenvalue weighted by Crippen LogP contribution is 2.32. The van der Waals surface area contributed by atoms with Crippen molar-refractivity contribution in [2.24, 2.45) is 0 Å². The molecule has 0 fully saturated rings. The predicted molar refractivity (Wildman–Crippen MR) is 188 cm³/mol. The van der Waals surface area contributed by atoms with E-state index in [4.69, 9.17) is 37.9 Å². The van der Waals surface area contributed by atoms with Gasteiger partial charge < -0.3 is 48.1 Å². The Kier molecular flexibility index (Phi) is 13.2. The van der Waals surface area contributed by atoms with Gasteiger partial charge in [-0.15, -0.1) is 0 Å². The lowest BCUT2D eigenvalue weighted by molar-refractivity contribution is -0.202. The highest BCUT2D eigenvalue weighted by Gasteiger charge is 2.44. The van der Waals surface area contributed by atoms with Crippen LogP contribution in [0.3, 0.4) is 0 Å². The molecule has 0 saturated carbocycles. The molecular weight excluding hydrogens is 712 g/mol. The smallest absolute Gasteiger partial charge is 0.339 e. The number of carbonyl (C=O) groups is 6. The van der Waals surface area contributed by atoms with Crippen LogP contribution in [-0.2, 0) is 38.1 Å². The van der Waals surface area contributed by atoms with Gasteiger partial charge in [-0.05, 0) is 70.1 Å². The van der Waals surface area contributed by atoms with Gasteiger partial charge in [-0.25, -0.2) is 9.59 Å². The van der Waals surface area contributed by atoms with Crippen LogP contribution in [0.4, 0.5) is 0 Å². The molecule has 54 heavy (non-hydrogen) atoms. The molecule has 286 valence electrons. The summed E-state index contributed by atoms with van der Waals surface area (Å²) in [7, 11) is 2.92. The second kappa shape index (κ2) is 17.8. The average molecular weight is 751 g/mol. The Morgan fingerprint density at radius 3 is 1.15 bits per heavy atom. The van der Waals surface area contributed by atoms with Gasteiger partial charge in [-0.1, -0.05) is 12.1 Å². The molecule has 0 aliphatic rings. The van der Waals surface area contributed by atoms with E-state index in [0.717, 1.165) is 27.7 Å². The fourth-order valence-electron chi connectivity index (χ4n) is 5.59. The van der Waals surface area contributed by atoms with Crippen molar-refractivity contribution in [3.63, 3.8) is 0 Å². The molecule has 0 aliphatic carbocycles. The van der Waals surface area contributed by atoms with E-state index in [9.17, 15) is 39.0 Å². The van der Waals surface area contributed by atoms with Crippen molar-refractivity contribution in [2.75, 3.05) is 27.4 Å². The Morgan fingerprint density at radius 2 is 0.852 bits per heavy atom. The van der Waals surface area contributed by atoms with Gasteiger partial charge in [0.15, 0.2) is 24.4 Å². The maximum Gasteiger partial charge on any atom is 0.339 e. The Morgan fingerprint density at radius 1 is 0.500 bits per heavy atom. The van der Waals surface area contributed by atoms with Gasteiger partial charge >= 0.3 is 35.8 Å². The number of carbonyl (C=O) groups excluding carboxylic acids is 4. The van der Waals surface area contributed by atoms with Crippen LogP contribution in [-0.4, -0.2) is 97.9 Å². The van der Waals surface area contributed by atoms with E-state index < -0.39 is 73.4 Å². The minimum Gasteiger partial charge on any atom is -0.497 e. The van der Waals surface area contributed by atoms with Crippen LogP contribution in [0.15, 0.2) is 60.7 Å². The minimum absolute atomic E-state index is 0.155. The summed E-state index contributed by atoms with van der Waals surface area (Å²) >= 11 is 0. The Bertz CT molecular complexity index is 1920. The van der Waals surface area contributed by atoms with Gasteiger partial charge in [0, 0.05) is 27.7 Å². The molecule has 0 saturated heterocycles. The zero-order chi connectivity index (χ0) is 39.7. The van der Waals surface area contributed by atoms with Gasteiger partial charge in [-0.3, -0.25) is 19.2 Å². The molecule has 0 aliphatic heterocycles. The summed E-state index contributed by atoms with van der Waals surface area (Å²) in [5.74, 6) is -5.74. The van der Waals surface area contributed by atoms with Crippen molar-refractivity contribution in [1.29, 1.82) is 0 Å². The van der Waals surface area contributed by atoms with Crippen LogP contribution in [0.2, 0.25) is 0 Å². The standard InChI is InChI=1S/C38H38O16/c1-19(39)51-33(17-49-31-15-23-7-9-27(47-5)11-25(23)13-29(31)37(43)44)35(53-21(3)41)36(54-22(4)42)34(52-20(2)40)18-50-32-16-24-8-10-28(48-6)12-26(24)14-30(32)38(45)46/h7-16,33-36H,17-18H2,1-6H3,(H,43,44)(H,45,46)/t33-,34+,35+,36-. The van der Waals surface area contributed by atoms with Gasteiger partial charge in [0.2, 0.25) is 0 Å². The van der Waals surface area contributed by atoms with Crippen LogP contribution in [0, 0.1) is 0 Å². The fraction of sp³-hybridized carbons (Fsp3) is 0.316. The molecule has 2 N–H and O–H groups in total. The molecule has 0 spiro atoms. The van der Waals surface area contributed by atoms with Crippen molar-refractivity contribution in [3.8, 4) is 23.0 Å². The number of carboxylic acids is 2. The quantitative estimate of drug-likeness (QED) is 0.111.